The maximum absolute atomic E-state index is 13.0. The van der Waals surface area contributed by atoms with E-state index in [0.29, 0.717) is 30.2 Å². The molecule has 0 spiro atoms. The number of nitrogens with one attached hydrogen (secondary N) is 1. The standard InChI is InChI=1S/C24H24N2O5S2/c1-18-10-13-21(14-11-18)33(29,30)31-16-6-5-7-19-12-15-23-22(17-19)24(26-25-23)32(27,28)20-8-3-2-4-9-20/h2-4,8-15,17H,5-7,16H2,1H3,(H,25,26). The molecule has 0 unspecified atom stereocenters. The number of aromatic nitrogens is 2. The summed E-state index contributed by atoms with van der Waals surface area (Å²) in [5, 5.41) is 7.38. The molecule has 0 atom stereocenters. The zero-order valence-electron chi connectivity index (χ0n) is 18.1. The number of aromatic amines is 1. The number of unbranched alkanes of at least 4 members (excludes halogenated alkanes) is 1. The van der Waals surface area contributed by atoms with Crippen LogP contribution in [0.15, 0.2) is 87.6 Å². The van der Waals surface area contributed by atoms with Crippen molar-refractivity contribution in [1.29, 1.82) is 0 Å². The fourth-order valence-electron chi connectivity index (χ4n) is 3.48. The van der Waals surface area contributed by atoms with Crippen LogP contribution in [0, 0.1) is 6.92 Å². The van der Waals surface area contributed by atoms with Crippen LogP contribution in [0.3, 0.4) is 0 Å². The Hall–Kier alpha value is -3.01. The molecule has 0 aliphatic carbocycles. The molecule has 0 bridgehead atoms. The van der Waals surface area contributed by atoms with Crippen molar-refractivity contribution in [3.05, 3.63) is 83.9 Å². The SMILES string of the molecule is Cc1ccc(S(=O)(=O)OCCCCc2ccc3[nH]nc(S(=O)(=O)c4ccccc4)c3c2)cc1. The lowest BCUT2D eigenvalue weighted by Crippen LogP contribution is -2.07. The average Bonchev–Trinajstić information content (AvgIpc) is 3.24. The van der Waals surface area contributed by atoms with Gasteiger partial charge < -0.3 is 0 Å². The Morgan fingerprint density at radius 3 is 2.30 bits per heavy atom. The van der Waals surface area contributed by atoms with Gasteiger partial charge in [0.15, 0.2) is 5.03 Å². The monoisotopic (exact) mass is 484 g/mol. The second kappa shape index (κ2) is 9.46. The van der Waals surface area contributed by atoms with E-state index in [1.54, 1.807) is 48.5 Å². The van der Waals surface area contributed by atoms with Crippen molar-refractivity contribution in [2.24, 2.45) is 0 Å². The van der Waals surface area contributed by atoms with Gasteiger partial charge in [-0.2, -0.15) is 13.5 Å². The number of aryl methyl sites for hydroxylation is 2. The van der Waals surface area contributed by atoms with Gasteiger partial charge in [0.1, 0.15) is 0 Å². The number of benzene rings is 3. The Kier molecular flexibility index (Phi) is 6.64. The molecular weight excluding hydrogens is 460 g/mol. The lowest BCUT2D eigenvalue weighted by atomic mass is 10.1. The molecule has 3 aromatic carbocycles. The molecule has 9 heteroatoms. The van der Waals surface area contributed by atoms with Gasteiger partial charge in [0, 0.05) is 5.39 Å². The molecule has 0 radical (unpaired) electrons. The highest BCUT2D eigenvalue weighted by atomic mass is 32.2. The van der Waals surface area contributed by atoms with E-state index in [1.165, 1.54) is 12.1 Å². The molecular formula is C24H24N2O5S2. The van der Waals surface area contributed by atoms with Crippen LogP contribution >= 0.6 is 0 Å². The van der Waals surface area contributed by atoms with Crippen LogP contribution in [0.4, 0.5) is 0 Å². The second-order valence-electron chi connectivity index (χ2n) is 7.77. The first kappa shape index (κ1) is 23.2. The minimum atomic E-state index is -3.77. The number of nitrogens with zero attached hydrogens (tertiary/aromatic N) is 1. The highest BCUT2D eigenvalue weighted by Crippen LogP contribution is 2.27. The van der Waals surface area contributed by atoms with Gasteiger partial charge >= 0.3 is 0 Å². The predicted octanol–water partition coefficient (Wildman–Crippen LogP) is 4.43. The average molecular weight is 485 g/mol. The smallest absolute Gasteiger partial charge is 0.276 e. The van der Waals surface area contributed by atoms with Crippen molar-refractivity contribution in [2.45, 2.75) is 41.0 Å². The summed E-state index contributed by atoms with van der Waals surface area (Å²) in [5.74, 6) is 0. The Balaban J connectivity index is 1.40. The van der Waals surface area contributed by atoms with E-state index in [9.17, 15) is 16.8 Å². The Bertz CT molecular complexity index is 1460. The van der Waals surface area contributed by atoms with E-state index >= 15 is 0 Å². The van der Waals surface area contributed by atoms with Gasteiger partial charge in [-0.1, -0.05) is 42.0 Å². The van der Waals surface area contributed by atoms with E-state index in [0.717, 1.165) is 11.1 Å². The minimum absolute atomic E-state index is 0.00178. The van der Waals surface area contributed by atoms with E-state index in [-0.39, 0.29) is 21.4 Å². The fourth-order valence-corrected chi connectivity index (χ4v) is 5.79. The molecule has 0 aliphatic heterocycles. The van der Waals surface area contributed by atoms with E-state index in [4.69, 9.17) is 4.18 Å². The van der Waals surface area contributed by atoms with Crippen molar-refractivity contribution in [2.75, 3.05) is 6.61 Å². The van der Waals surface area contributed by atoms with E-state index < -0.39 is 20.0 Å². The van der Waals surface area contributed by atoms with Gasteiger partial charge in [0.25, 0.3) is 10.1 Å². The third-order valence-corrected chi connectivity index (χ3v) is 8.35. The fraction of sp³-hybridized carbons (Fsp3) is 0.208. The number of hydrogen-bond donors (Lipinski definition) is 1. The summed E-state index contributed by atoms with van der Waals surface area (Å²) >= 11 is 0. The Labute approximate surface area is 193 Å². The summed E-state index contributed by atoms with van der Waals surface area (Å²) in [5.41, 5.74) is 2.55. The number of hydrogen-bond acceptors (Lipinski definition) is 6. The number of rotatable bonds is 9. The summed E-state index contributed by atoms with van der Waals surface area (Å²) in [6, 6.07) is 20.3. The van der Waals surface area contributed by atoms with Crippen molar-refractivity contribution in [3.8, 4) is 0 Å². The molecule has 4 aromatic rings. The first-order valence-corrected chi connectivity index (χ1v) is 13.4. The second-order valence-corrected chi connectivity index (χ2v) is 11.3. The first-order valence-electron chi connectivity index (χ1n) is 10.5. The van der Waals surface area contributed by atoms with Crippen molar-refractivity contribution >= 4 is 30.9 Å². The van der Waals surface area contributed by atoms with E-state index in [2.05, 4.69) is 10.2 Å². The maximum atomic E-state index is 13.0. The van der Waals surface area contributed by atoms with Crippen LogP contribution in [0.25, 0.3) is 10.9 Å². The van der Waals surface area contributed by atoms with Gasteiger partial charge in [0.2, 0.25) is 9.84 Å². The quantitative estimate of drug-likeness (QED) is 0.278. The van der Waals surface area contributed by atoms with Crippen LogP contribution in [0.2, 0.25) is 0 Å². The maximum Gasteiger partial charge on any atom is 0.296 e. The third-order valence-electron chi connectivity index (χ3n) is 5.31. The molecule has 1 N–H and O–H groups in total. The molecule has 0 amide bonds. The Morgan fingerprint density at radius 1 is 0.848 bits per heavy atom. The summed E-state index contributed by atoms with van der Waals surface area (Å²) < 4.78 is 55.6. The van der Waals surface area contributed by atoms with Gasteiger partial charge in [-0.25, -0.2) is 8.42 Å². The zero-order valence-corrected chi connectivity index (χ0v) is 19.7. The van der Waals surface area contributed by atoms with Crippen LogP contribution in [-0.4, -0.2) is 33.6 Å². The summed E-state index contributed by atoms with van der Waals surface area (Å²) in [6.45, 7) is 1.97. The molecule has 0 aliphatic rings. The van der Waals surface area contributed by atoms with Crippen molar-refractivity contribution in [3.63, 3.8) is 0 Å². The molecule has 0 saturated carbocycles. The molecule has 172 valence electrons. The highest BCUT2D eigenvalue weighted by Gasteiger charge is 2.23. The molecule has 0 saturated heterocycles. The molecule has 1 heterocycles. The first-order chi connectivity index (χ1) is 15.8. The topological polar surface area (TPSA) is 106 Å². The lowest BCUT2D eigenvalue weighted by molar-refractivity contribution is 0.308. The van der Waals surface area contributed by atoms with Gasteiger partial charge in [0.05, 0.1) is 21.9 Å². The molecule has 7 nitrogen and oxygen atoms in total. The molecule has 33 heavy (non-hydrogen) atoms. The van der Waals surface area contributed by atoms with Gasteiger partial charge in [-0.15, -0.1) is 0 Å². The summed E-state index contributed by atoms with van der Waals surface area (Å²) in [6.07, 6.45) is 1.89. The van der Waals surface area contributed by atoms with Gasteiger partial charge in [-0.05, 0) is 68.1 Å². The zero-order chi connectivity index (χ0) is 23.5. The largest absolute Gasteiger partial charge is 0.296 e. The highest BCUT2D eigenvalue weighted by molar-refractivity contribution is 7.91. The number of fused-ring (bicyclic) bond motifs is 1. The number of H-pyrrole nitrogens is 1. The molecule has 0 fully saturated rings. The van der Waals surface area contributed by atoms with Crippen molar-refractivity contribution in [1.82, 2.24) is 10.2 Å². The van der Waals surface area contributed by atoms with Crippen LogP contribution in [0.1, 0.15) is 24.0 Å². The minimum Gasteiger partial charge on any atom is -0.276 e. The summed E-state index contributed by atoms with van der Waals surface area (Å²) in [7, 11) is -7.51. The van der Waals surface area contributed by atoms with Crippen molar-refractivity contribution < 1.29 is 21.0 Å². The summed E-state index contributed by atoms with van der Waals surface area (Å²) in [4.78, 5) is 0.335. The van der Waals surface area contributed by atoms with Gasteiger partial charge in [-0.3, -0.25) is 9.28 Å². The van der Waals surface area contributed by atoms with Crippen LogP contribution in [-0.2, 0) is 30.6 Å². The third kappa shape index (κ3) is 5.16. The normalized spacial score (nSPS) is 12.3. The van der Waals surface area contributed by atoms with Crippen LogP contribution < -0.4 is 0 Å². The molecule has 4 rings (SSSR count). The lowest BCUT2D eigenvalue weighted by Gasteiger charge is -2.07. The Morgan fingerprint density at radius 2 is 1.58 bits per heavy atom. The molecule has 1 aromatic heterocycles. The number of sulfone groups is 1. The van der Waals surface area contributed by atoms with Crippen LogP contribution in [0.5, 0.6) is 0 Å². The van der Waals surface area contributed by atoms with E-state index in [1.807, 2.05) is 19.1 Å². The predicted molar refractivity (Wildman–Crippen MR) is 125 cm³/mol.